The number of halogens is 2. The van der Waals surface area contributed by atoms with Crippen molar-refractivity contribution in [3.05, 3.63) is 34.3 Å². The van der Waals surface area contributed by atoms with Gasteiger partial charge in [0.15, 0.2) is 0 Å². The molecule has 0 heterocycles. The first-order chi connectivity index (χ1) is 5.72. The third-order valence-electron chi connectivity index (χ3n) is 1.59. The summed E-state index contributed by atoms with van der Waals surface area (Å²) in [4.78, 5) is 0. The highest BCUT2D eigenvalue weighted by molar-refractivity contribution is 9.10. The minimum atomic E-state index is -0.466. The maximum Gasteiger partial charge on any atom is 0.105 e. The van der Waals surface area contributed by atoms with Gasteiger partial charge < -0.3 is 5.73 Å². The molecule has 0 saturated heterocycles. The van der Waals surface area contributed by atoms with Crippen molar-refractivity contribution in [1.29, 1.82) is 0 Å². The van der Waals surface area contributed by atoms with Crippen LogP contribution in [-0.2, 0) is 6.42 Å². The normalized spacial score (nSPS) is 12.9. The largest absolute Gasteiger partial charge is 0.325 e. The summed E-state index contributed by atoms with van der Waals surface area (Å²) < 4.78 is 13.0. The Balaban J connectivity index is 2.63. The van der Waals surface area contributed by atoms with Crippen LogP contribution in [0.3, 0.4) is 0 Å². The highest BCUT2D eigenvalue weighted by Gasteiger charge is 2.02. The van der Waals surface area contributed by atoms with Crippen molar-refractivity contribution in [3.63, 3.8) is 0 Å². The van der Waals surface area contributed by atoms with Crippen molar-refractivity contribution in [2.75, 3.05) is 6.67 Å². The molecule has 0 aromatic heterocycles. The summed E-state index contributed by atoms with van der Waals surface area (Å²) in [5.74, 6) is 0. The van der Waals surface area contributed by atoms with E-state index < -0.39 is 6.67 Å². The Labute approximate surface area is 79.9 Å². The Morgan fingerprint density at radius 3 is 2.83 bits per heavy atom. The third-order valence-corrected chi connectivity index (χ3v) is 2.08. The van der Waals surface area contributed by atoms with Crippen LogP contribution in [0.2, 0.25) is 0 Å². The molecule has 0 saturated carbocycles. The second-order valence-electron chi connectivity index (χ2n) is 2.75. The van der Waals surface area contributed by atoms with Gasteiger partial charge in [0, 0.05) is 10.5 Å². The first-order valence-electron chi connectivity index (χ1n) is 3.78. The second-order valence-corrected chi connectivity index (χ2v) is 3.66. The first-order valence-corrected chi connectivity index (χ1v) is 4.57. The molecule has 0 aliphatic rings. The van der Waals surface area contributed by atoms with E-state index in [1.54, 1.807) is 0 Å². The van der Waals surface area contributed by atoms with Gasteiger partial charge >= 0.3 is 0 Å². The smallest absolute Gasteiger partial charge is 0.105 e. The molecule has 1 nitrogen and oxygen atoms in total. The molecule has 3 heteroatoms. The van der Waals surface area contributed by atoms with Crippen molar-refractivity contribution >= 4 is 15.9 Å². The maximum atomic E-state index is 12.0. The van der Waals surface area contributed by atoms with Crippen LogP contribution in [0.1, 0.15) is 5.56 Å². The Kier molecular flexibility index (Phi) is 3.69. The first kappa shape index (κ1) is 9.68. The maximum absolute atomic E-state index is 12.0. The van der Waals surface area contributed by atoms with Crippen LogP contribution in [0, 0.1) is 0 Å². The van der Waals surface area contributed by atoms with Gasteiger partial charge in [-0.3, -0.25) is 0 Å². The van der Waals surface area contributed by atoms with Crippen LogP contribution in [0.5, 0.6) is 0 Å². The number of benzene rings is 1. The molecule has 0 bridgehead atoms. The van der Waals surface area contributed by atoms with Crippen LogP contribution in [-0.4, -0.2) is 12.7 Å². The molecule has 2 N–H and O–H groups in total. The van der Waals surface area contributed by atoms with Gasteiger partial charge in [0.05, 0.1) is 0 Å². The molecule has 1 aromatic carbocycles. The van der Waals surface area contributed by atoms with E-state index in [9.17, 15) is 4.39 Å². The molecule has 0 fully saturated rings. The van der Waals surface area contributed by atoms with Crippen molar-refractivity contribution in [2.24, 2.45) is 5.73 Å². The predicted octanol–water partition coefficient (Wildman–Crippen LogP) is 2.29. The summed E-state index contributed by atoms with van der Waals surface area (Å²) in [5.41, 5.74) is 6.53. The van der Waals surface area contributed by atoms with Crippen molar-refractivity contribution in [3.8, 4) is 0 Å². The Hall–Kier alpha value is -0.410. The zero-order chi connectivity index (χ0) is 8.97. The number of nitrogens with two attached hydrogens (primary N) is 1. The molecule has 0 aliphatic carbocycles. The van der Waals surface area contributed by atoms with E-state index in [1.165, 1.54) is 0 Å². The van der Waals surface area contributed by atoms with E-state index in [4.69, 9.17) is 5.73 Å². The molecule has 1 aromatic rings. The van der Waals surface area contributed by atoms with Gasteiger partial charge in [0.25, 0.3) is 0 Å². The summed E-state index contributed by atoms with van der Waals surface area (Å²) in [6.45, 7) is -0.466. The van der Waals surface area contributed by atoms with Gasteiger partial charge in [-0.1, -0.05) is 28.1 Å². The molecule has 1 atom stereocenters. The van der Waals surface area contributed by atoms with Gasteiger partial charge in [-0.05, 0) is 24.1 Å². The van der Waals surface area contributed by atoms with Crippen LogP contribution in [0.4, 0.5) is 4.39 Å². The standard InChI is InChI=1S/C9H11BrFN/c10-8-3-1-2-7(4-8)5-9(12)6-11/h1-4,9H,5-6,12H2. The number of hydrogen-bond acceptors (Lipinski definition) is 1. The van der Waals surface area contributed by atoms with Crippen LogP contribution < -0.4 is 5.73 Å². The minimum Gasteiger partial charge on any atom is -0.325 e. The summed E-state index contributed by atoms with van der Waals surface area (Å²) in [5, 5.41) is 0. The zero-order valence-corrected chi connectivity index (χ0v) is 8.22. The lowest BCUT2D eigenvalue weighted by Crippen LogP contribution is -2.24. The van der Waals surface area contributed by atoms with E-state index in [0.717, 1.165) is 10.0 Å². The molecular formula is C9H11BrFN. The summed E-state index contributed by atoms with van der Waals surface area (Å²) in [6.07, 6.45) is 0.593. The van der Waals surface area contributed by atoms with E-state index in [-0.39, 0.29) is 6.04 Å². The van der Waals surface area contributed by atoms with E-state index in [1.807, 2.05) is 24.3 Å². The predicted molar refractivity (Wildman–Crippen MR) is 51.8 cm³/mol. The van der Waals surface area contributed by atoms with Crippen molar-refractivity contribution < 1.29 is 4.39 Å². The monoisotopic (exact) mass is 231 g/mol. The Morgan fingerprint density at radius 2 is 2.25 bits per heavy atom. The van der Waals surface area contributed by atoms with Crippen LogP contribution in [0.15, 0.2) is 28.7 Å². The number of hydrogen-bond donors (Lipinski definition) is 1. The zero-order valence-electron chi connectivity index (χ0n) is 6.63. The fourth-order valence-electron chi connectivity index (χ4n) is 1.02. The minimum absolute atomic E-state index is 0.376. The third kappa shape index (κ3) is 2.91. The molecular weight excluding hydrogens is 221 g/mol. The topological polar surface area (TPSA) is 26.0 Å². The van der Waals surface area contributed by atoms with Crippen molar-refractivity contribution in [1.82, 2.24) is 0 Å². The Morgan fingerprint density at radius 1 is 1.50 bits per heavy atom. The van der Waals surface area contributed by atoms with E-state index in [2.05, 4.69) is 15.9 Å². The highest BCUT2D eigenvalue weighted by Crippen LogP contribution is 2.12. The molecule has 1 rings (SSSR count). The lowest BCUT2D eigenvalue weighted by molar-refractivity contribution is 0.427. The van der Waals surface area contributed by atoms with Crippen LogP contribution in [0.25, 0.3) is 0 Å². The van der Waals surface area contributed by atoms with Gasteiger partial charge in [0.2, 0.25) is 0 Å². The molecule has 66 valence electrons. The molecule has 0 radical (unpaired) electrons. The average Bonchev–Trinajstić information content (AvgIpc) is 2.04. The Bertz CT molecular complexity index is 252. The molecule has 0 spiro atoms. The molecule has 0 amide bonds. The van der Waals surface area contributed by atoms with Gasteiger partial charge in [-0.2, -0.15) is 0 Å². The molecule has 12 heavy (non-hydrogen) atoms. The lowest BCUT2D eigenvalue weighted by Gasteiger charge is -2.06. The van der Waals surface area contributed by atoms with E-state index >= 15 is 0 Å². The highest BCUT2D eigenvalue weighted by atomic mass is 79.9. The number of rotatable bonds is 3. The lowest BCUT2D eigenvalue weighted by atomic mass is 10.1. The molecule has 1 unspecified atom stereocenters. The van der Waals surface area contributed by atoms with E-state index in [0.29, 0.717) is 6.42 Å². The second kappa shape index (κ2) is 4.58. The SMILES string of the molecule is NC(CF)Cc1cccc(Br)c1. The average molecular weight is 232 g/mol. The summed E-state index contributed by atoms with van der Waals surface area (Å²) >= 11 is 3.34. The van der Waals surface area contributed by atoms with Gasteiger partial charge in [-0.15, -0.1) is 0 Å². The number of alkyl halides is 1. The summed E-state index contributed by atoms with van der Waals surface area (Å²) in [7, 11) is 0. The quantitative estimate of drug-likeness (QED) is 0.850. The fourth-order valence-corrected chi connectivity index (χ4v) is 1.47. The van der Waals surface area contributed by atoms with Crippen LogP contribution >= 0.6 is 15.9 Å². The van der Waals surface area contributed by atoms with Crippen molar-refractivity contribution in [2.45, 2.75) is 12.5 Å². The molecule has 0 aliphatic heterocycles. The van der Waals surface area contributed by atoms with Gasteiger partial charge in [0.1, 0.15) is 6.67 Å². The summed E-state index contributed by atoms with van der Waals surface area (Å²) in [6, 6.07) is 7.38. The fraction of sp³-hybridized carbons (Fsp3) is 0.333. The van der Waals surface area contributed by atoms with Gasteiger partial charge in [-0.25, -0.2) is 4.39 Å².